The van der Waals surface area contributed by atoms with Crippen LogP contribution in [0.5, 0.6) is 0 Å². The first-order chi connectivity index (χ1) is 11.8. The third kappa shape index (κ3) is 4.01. The molecule has 2 saturated heterocycles. The van der Waals surface area contributed by atoms with E-state index in [2.05, 4.69) is 40.5 Å². The molecular formula is C21H32N2O. The third-order valence-electron chi connectivity index (χ3n) is 6.32. The summed E-state index contributed by atoms with van der Waals surface area (Å²) in [7, 11) is 0. The summed E-state index contributed by atoms with van der Waals surface area (Å²) in [6.45, 7) is 4.51. The fourth-order valence-electron chi connectivity index (χ4n) is 4.97. The van der Waals surface area contributed by atoms with E-state index in [0.717, 1.165) is 13.2 Å². The van der Waals surface area contributed by atoms with Gasteiger partial charge in [0.05, 0.1) is 5.60 Å². The fourth-order valence-corrected chi connectivity index (χ4v) is 4.97. The Kier molecular flexibility index (Phi) is 5.21. The minimum absolute atomic E-state index is 0.240. The van der Waals surface area contributed by atoms with E-state index < -0.39 is 0 Å². The second kappa shape index (κ2) is 7.55. The quantitative estimate of drug-likeness (QED) is 0.911. The van der Waals surface area contributed by atoms with Crippen molar-refractivity contribution in [3.8, 4) is 0 Å². The summed E-state index contributed by atoms with van der Waals surface area (Å²) in [5, 5.41) is 3.99. The molecule has 4 rings (SSSR count). The maximum atomic E-state index is 6.18. The smallest absolute Gasteiger partial charge is 0.0697 e. The lowest BCUT2D eigenvalue weighted by Gasteiger charge is -2.41. The number of ether oxygens (including phenoxy) is 1. The van der Waals surface area contributed by atoms with E-state index in [4.69, 9.17) is 4.74 Å². The van der Waals surface area contributed by atoms with Gasteiger partial charge in [0, 0.05) is 25.2 Å². The molecule has 3 heteroatoms. The van der Waals surface area contributed by atoms with Crippen molar-refractivity contribution in [3.05, 3.63) is 35.9 Å². The molecule has 0 aromatic heterocycles. The summed E-state index contributed by atoms with van der Waals surface area (Å²) >= 11 is 0. The highest BCUT2D eigenvalue weighted by Gasteiger charge is 2.40. The highest BCUT2D eigenvalue weighted by molar-refractivity contribution is 5.14. The fraction of sp³-hybridized carbons (Fsp3) is 0.714. The van der Waals surface area contributed by atoms with Crippen LogP contribution >= 0.6 is 0 Å². The van der Waals surface area contributed by atoms with Gasteiger partial charge < -0.3 is 10.1 Å². The molecule has 1 aromatic rings. The van der Waals surface area contributed by atoms with E-state index in [1.807, 2.05) is 0 Å². The largest absolute Gasteiger partial charge is 0.375 e. The number of nitrogens with one attached hydrogen (secondary N) is 1. The molecule has 2 aliphatic heterocycles. The van der Waals surface area contributed by atoms with Gasteiger partial charge in [0.1, 0.15) is 0 Å². The maximum absolute atomic E-state index is 6.18. The van der Waals surface area contributed by atoms with E-state index in [-0.39, 0.29) is 5.60 Å². The van der Waals surface area contributed by atoms with Crippen LogP contribution in [0.4, 0.5) is 0 Å². The summed E-state index contributed by atoms with van der Waals surface area (Å²) in [6.07, 6.45) is 10.3. The minimum atomic E-state index is 0.240. The molecule has 2 heterocycles. The number of rotatable bonds is 4. The van der Waals surface area contributed by atoms with Gasteiger partial charge in [-0.25, -0.2) is 0 Å². The van der Waals surface area contributed by atoms with Crippen LogP contribution in [-0.4, -0.2) is 42.3 Å². The molecule has 1 spiro atoms. The van der Waals surface area contributed by atoms with Crippen molar-refractivity contribution in [1.82, 2.24) is 10.2 Å². The predicted octanol–water partition coefficient (Wildman–Crippen LogP) is 3.73. The van der Waals surface area contributed by atoms with Crippen molar-refractivity contribution in [2.75, 3.05) is 19.7 Å². The van der Waals surface area contributed by atoms with Crippen LogP contribution in [0.3, 0.4) is 0 Å². The molecule has 0 radical (unpaired) electrons. The molecule has 3 aliphatic rings. The van der Waals surface area contributed by atoms with E-state index >= 15 is 0 Å². The highest BCUT2D eigenvalue weighted by Crippen LogP contribution is 2.40. The second-order valence-electron chi connectivity index (χ2n) is 8.13. The summed E-state index contributed by atoms with van der Waals surface area (Å²) in [5.41, 5.74) is 1.68. The van der Waals surface area contributed by atoms with E-state index in [9.17, 15) is 0 Å². The van der Waals surface area contributed by atoms with Gasteiger partial charge in [0.25, 0.3) is 0 Å². The standard InChI is InChI=1S/C21H32N2O/c1-2-6-18(7-3-1)17-23-13-8-19(9-14-23)22-20-10-15-24-21(16-20)11-4-5-12-21/h1-3,6-7,19-20,22H,4-5,8-17H2. The summed E-state index contributed by atoms with van der Waals surface area (Å²) in [5.74, 6) is 0. The summed E-state index contributed by atoms with van der Waals surface area (Å²) in [6, 6.07) is 12.3. The van der Waals surface area contributed by atoms with Gasteiger partial charge in [0.2, 0.25) is 0 Å². The van der Waals surface area contributed by atoms with Crippen molar-refractivity contribution >= 4 is 0 Å². The van der Waals surface area contributed by atoms with Gasteiger partial charge in [0.15, 0.2) is 0 Å². The number of benzene rings is 1. The molecule has 0 bridgehead atoms. The molecule has 3 nitrogen and oxygen atoms in total. The number of piperidine rings is 1. The zero-order valence-electron chi connectivity index (χ0n) is 14.9. The summed E-state index contributed by atoms with van der Waals surface area (Å²) in [4.78, 5) is 2.61. The minimum Gasteiger partial charge on any atom is -0.375 e. The molecule has 1 atom stereocenters. The van der Waals surface area contributed by atoms with Crippen molar-refractivity contribution in [3.63, 3.8) is 0 Å². The first-order valence-corrected chi connectivity index (χ1v) is 9.98. The monoisotopic (exact) mass is 328 g/mol. The third-order valence-corrected chi connectivity index (χ3v) is 6.32. The predicted molar refractivity (Wildman–Crippen MR) is 98.0 cm³/mol. The Morgan fingerprint density at radius 3 is 2.50 bits per heavy atom. The number of likely N-dealkylation sites (tertiary alicyclic amines) is 1. The van der Waals surface area contributed by atoms with Gasteiger partial charge in [-0.05, 0) is 57.2 Å². The second-order valence-corrected chi connectivity index (χ2v) is 8.13. The van der Waals surface area contributed by atoms with Crippen LogP contribution in [-0.2, 0) is 11.3 Å². The lowest BCUT2D eigenvalue weighted by Crippen LogP contribution is -2.51. The number of hydrogen-bond acceptors (Lipinski definition) is 3. The Labute approximate surface area is 146 Å². The molecule has 24 heavy (non-hydrogen) atoms. The Morgan fingerprint density at radius 2 is 1.75 bits per heavy atom. The molecule has 1 N–H and O–H groups in total. The molecule has 1 unspecified atom stereocenters. The maximum Gasteiger partial charge on any atom is 0.0697 e. The van der Waals surface area contributed by atoms with Crippen molar-refractivity contribution in [2.45, 2.75) is 75.6 Å². The van der Waals surface area contributed by atoms with Crippen molar-refractivity contribution in [2.24, 2.45) is 0 Å². The van der Waals surface area contributed by atoms with Gasteiger partial charge in [-0.1, -0.05) is 43.2 Å². The topological polar surface area (TPSA) is 24.5 Å². The van der Waals surface area contributed by atoms with Crippen LogP contribution in [0.15, 0.2) is 30.3 Å². The highest BCUT2D eigenvalue weighted by atomic mass is 16.5. The average molecular weight is 329 g/mol. The lowest BCUT2D eigenvalue weighted by atomic mass is 9.88. The Morgan fingerprint density at radius 1 is 1.00 bits per heavy atom. The molecule has 1 aromatic carbocycles. The van der Waals surface area contributed by atoms with Crippen LogP contribution in [0, 0.1) is 0 Å². The number of nitrogens with zero attached hydrogens (tertiary/aromatic N) is 1. The lowest BCUT2D eigenvalue weighted by molar-refractivity contribution is -0.0853. The van der Waals surface area contributed by atoms with Crippen LogP contribution in [0.2, 0.25) is 0 Å². The Hall–Kier alpha value is -0.900. The van der Waals surface area contributed by atoms with Crippen LogP contribution < -0.4 is 5.32 Å². The average Bonchev–Trinajstić information content (AvgIpc) is 3.05. The molecule has 0 amide bonds. The van der Waals surface area contributed by atoms with Crippen molar-refractivity contribution < 1.29 is 4.74 Å². The number of hydrogen-bond donors (Lipinski definition) is 1. The first kappa shape index (κ1) is 16.6. The van der Waals surface area contributed by atoms with E-state index in [0.29, 0.717) is 12.1 Å². The van der Waals surface area contributed by atoms with Gasteiger partial charge >= 0.3 is 0 Å². The van der Waals surface area contributed by atoms with Gasteiger partial charge in [-0.15, -0.1) is 0 Å². The van der Waals surface area contributed by atoms with Gasteiger partial charge in [-0.3, -0.25) is 4.90 Å². The first-order valence-electron chi connectivity index (χ1n) is 9.98. The SMILES string of the molecule is c1ccc(CN2CCC(NC3CCOC4(CCCC4)C3)CC2)cc1. The molecule has 3 fully saturated rings. The molecule has 1 aliphatic carbocycles. The van der Waals surface area contributed by atoms with Crippen LogP contribution in [0.25, 0.3) is 0 Å². The Balaban J connectivity index is 1.23. The molecule has 132 valence electrons. The van der Waals surface area contributed by atoms with E-state index in [1.165, 1.54) is 70.0 Å². The molecule has 1 saturated carbocycles. The Bertz CT molecular complexity index is 504. The van der Waals surface area contributed by atoms with Crippen LogP contribution in [0.1, 0.15) is 56.9 Å². The molecular weight excluding hydrogens is 296 g/mol. The van der Waals surface area contributed by atoms with E-state index in [1.54, 1.807) is 0 Å². The normalized spacial score (nSPS) is 28.4. The summed E-state index contributed by atoms with van der Waals surface area (Å²) < 4.78 is 6.18. The zero-order valence-corrected chi connectivity index (χ0v) is 14.9. The van der Waals surface area contributed by atoms with Gasteiger partial charge in [-0.2, -0.15) is 0 Å². The van der Waals surface area contributed by atoms with Crippen molar-refractivity contribution in [1.29, 1.82) is 0 Å². The zero-order chi connectivity index (χ0) is 16.2.